The van der Waals surface area contributed by atoms with E-state index >= 15 is 0 Å². The van der Waals surface area contributed by atoms with Gasteiger partial charge in [0.15, 0.2) is 0 Å². The molecule has 0 aromatic carbocycles. The van der Waals surface area contributed by atoms with E-state index in [1.807, 2.05) is 0 Å². The highest BCUT2D eigenvalue weighted by Gasteiger charge is 2.44. The van der Waals surface area contributed by atoms with Crippen molar-refractivity contribution >= 4 is 0 Å². The number of aliphatic hydroxyl groups is 2. The quantitative estimate of drug-likeness (QED) is 0.0788. The van der Waals surface area contributed by atoms with Crippen LogP contribution in [-0.2, 0) is 33.2 Å². The Morgan fingerprint density at radius 2 is 1.03 bits per heavy atom. The number of aliphatic hydroxyl groups excluding tert-OH is 2. The summed E-state index contributed by atoms with van der Waals surface area (Å²) >= 11 is 0. The Morgan fingerprint density at radius 1 is 0.611 bits per heavy atom. The lowest BCUT2D eigenvalue weighted by atomic mass is 10.3. The van der Waals surface area contributed by atoms with Crippen molar-refractivity contribution in [2.45, 2.75) is 50.1 Å². The molecule has 0 spiro atoms. The highest BCUT2D eigenvalue weighted by Crippen LogP contribution is 2.27. The second-order valence-electron chi connectivity index (χ2n) is 7.41. The molecule has 9 nitrogen and oxygen atoms in total. The van der Waals surface area contributed by atoms with Crippen LogP contribution in [0.15, 0.2) is 0 Å². The van der Waals surface area contributed by atoms with Crippen LogP contribution in [0.4, 0.5) is 17.6 Å². The van der Waals surface area contributed by atoms with Crippen molar-refractivity contribution in [1.82, 2.24) is 0 Å². The van der Waals surface area contributed by atoms with Crippen LogP contribution in [0.25, 0.3) is 0 Å². The van der Waals surface area contributed by atoms with Gasteiger partial charge in [0.25, 0.3) is 0 Å². The van der Waals surface area contributed by atoms with Crippen LogP contribution in [0.3, 0.4) is 0 Å². The van der Waals surface area contributed by atoms with E-state index < -0.39 is 51.0 Å². The topological polar surface area (TPSA) is 105 Å². The molecule has 36 heavy (non-hydrogen) atoms. The first-order valence-electron chi connectivity index (χ1n) is 11.3. The predicted molar refractivity (Wildman–Crippen MR) is 119 cm³/mol. The number of hydrogen-bond acceptors (Lipinski definition) is 9. The summed E-state index contributed by atoms with van der Waals surface area (Å²) in [6.45, 7) is -3.67. The van der Waals surface area contributed by atoms with Crippen molar-refractivity contribution in [3.63, 3.8) is 0 Å². The van der Waals surface area contributed by atoms with E-state index in [9.17, 15) is 27.8 Å². The third-order valence-corrected chi connectivity index (χ3v) is 3.84. The summed E-state index contributed by atoms with van der Waals surface area (Å²) in [5.41, 5.74) is 0. The van der Waals surface area contributed by atoms with Gasteiger partial charge in [-0.25, -0.2) is 0 Å². The summed E-state index contributed by atoms with van der Waals surface area (Å²) in [5, 5.41) is 19.2. The van der Waals surface area contributed by atoms with E-state index in [4.69, 9.17) is 31.8 Å². The van der Waals surface area contributed by atoms with Gasteiger partial charge in [-0.3, -0.25) is 4.74 Å². The molecule has 0 amide bonds. The fraction of sp³-hybridized carbons (Fsp3) is 0.826. The maximum Gasteiger partial charge on any atom is 0.383 e. The van der Waals surface area contributed by atoms with Gasteiger partial charge in [-0.05, 0) is 12.8 Å². The van der Waals surface area contributed by atoms with Gasteiger partial charge in [0.05, 0.1) is 39.6 Å². The maximum absolute atomic E-state index is 13.6. The number of terminal acetylenes is 2. The summed E-state index contributed by atoms with van der Waals surface area (Å²) in [7, 11) is 0. The average Bonchev–Trinajstić information content (AvgIpc) is 2.79. The summed E-state index contributed by atoms with van der Waals surface area (Å²) in [5.74, 6) is 4.87. The molecule has 13 heteroatoms. The zero-order valence-corrected chi connectivity index (χ0v) is 20.2. The predicted octanol–water partition coefficient (Wildman–Crippen LogP) is 1.79. The zero-order chi connectivity index (χ0) is 27.1. The van der Waals surface area contributed by atoms with Gasteiger partial charge in [-0.2, -0.15) is 17.6 Å². The standard InChI is InChI=1S/C23H36F4O9/c1-3-5-7-9-30-13-20(28)15-32-11-12-33-19-35-18-23(26,27)36-22(24,25)17-34-16-21(29)14-31-10-8-6-4-2/h1-2,20-21,28-29H,5-19H2. The van der Waals surface area contributed by atoms with Gasteiger partial charge in [-0.1, -0.05) is 0 Å². The van der Waals surface area contributed by atoms with E-state index in [1.54, 1.807) is 0 Å². The van der Waals surface area contributed by atoms with Gasteiger partial charge in [0.1, 0.15) is 32.2 Å². The Morgan fingerprint density at radius 3 is 1.53 bits per heavy atom. The van der Waals surface area contributed by atoms with Crippen molar-refractivity contribution in [3.8, 4) is 24.7 Å². The molecule has 0 aliphatic carbocycles. The Bertz CT molecular complexity index is 611. The van der Waals surface area contributed by atoms with E-state index in [0.29, 0.717) is 32.3 Å². The largest absolute Gasteiger partial charge is 0.388 e. The lowest BCUT2D eigenvalue weighted by Gasteiger charge is -2.24. The molecule has 2 atom stereocenters. The van der Waals surface area contributed by atoms with Crippen molar-refractivity contribution in [2.75, 3.05) is 72.9 Å². The van der Waals surface area contributed by atoms with Crippen LogP contribution in [0.2, 0.25) is 0 Å². The second-order valence-corrected chi connectivity index (χ2v) is 7.41. The fourth-order valence-electron chi connectivity index (χ4n) is 2.29. The maximum atomic E-state index is 13.6. The number of rotatable bonds is 25. The van der Waals surface area contributed by atoms with Crippen LogP contribution < -0.4 is 0 Å². The molecule has 0 saturated heterocycles. The molecule has 210 valence electrons. The average molecular weight is 533 g/mol. The molecule has 2 N–H and O–H groups in total. The van der Waals surface area contributed by atoms with E-state index in [-0.39, 0.29) is 39.6 Å². The zero-order valence-electron chi connectivity index (χ0n) is 20.2. The molecule has 0 aromatic heterocycles. The summed E-state index contributed by atoms with van der Waals surface area (Å²) in [6.07, 6.45) is 1.75. The highest BCUT2D eigenvalue weighted by molar-refractivity contribution is 4.83. The minimum Gasteiger partial charge on any atom is -0.388 e. The van der Waals surface area contributed by atoms with Crippen molar-refractivity contribution in [3.05, 3.63) is 0 Å². The van der Waals surface area contributed by atoms with Gasteiger partial charge < -0.3 is 38.6 Å². The van der Waals surface area contributed by atoms with Crippen LogP contribution in [0, 0.1) is 24.7 Å². The van der Waals surface area contributed by atoms with Crippen molar-refractivity contribution in [1.29, 1.82) is 0 Å². The number of hydrogen-bond donors (Lipinski definition) is 2. The van der Waals surface area contributed by atoms with E-state index in [2.05, 4.69) is 26.1 Å². The summed E-state index contributed by atoms with van der Waals surface area (Å²) < 4.78 is 87.0. The molecule has 0 aliphatic rings. The van der Waals surface area contributed by atoms with Crippen LogP contribution in [-0.4, -0.2) is 107 Å². The highest BCUT2D eigenvalue weighted by atomic mass is 19.3. The monoisotopic (exact) mass is 532 g/mol. The molecule has 0 aliphatic heterocycles. The Hall–Kier alpha value is -1.52. The van der Waals surface area contributed by atoms with Gasteiger partial charge in [-0.15, -0.1) is 24.7 Å². The molecule has 2 unspecified atom stereocenters. The molecular weight excluding hydrogens is 496 g/mol. The van der Waals surface area contributed by atoms with E-state index in [0.717, 1.165) is 0 Å². The van der Waals surface area contributed by atoms with Gasteiger partial charge >= 0.3 is 12.2 Å². The molecular formula is C23H36F4O9. The summed E-state index contributed by atoms with van der Waals surface area (Å²) in [6, 6.07) is 0. The Balaban J connectivity index is 3.79. The first-order valence-corrected chi connectivity index (χ1v) is 11.3. The minimum absolute atomic E-state index is 0.0288. The normalized spacial score (nSPS) is 13.8. The van der Waals surface area contributed by atoms with Crippen LogP contribution in [0.5, 0.6) is 0 Å². The minimum atomic E-state index is -4.33. The van der Waals surface area contributed by atoms with Crippen molar-refractivity contribution < 1.29 is 60.9 Å². The molecule has 0 heterocycles. The molecule has 0 radical (unpaired) electrons. The lowest BCUT2D eigenvalue weighted by Crippen LogP contribution is -2.40. The molecule has 0 aromatic rings. The number of ether oxygens (including phenoxy) is 7. The third-order valence-electron chi connectivity index (χ3n) is 3.84. The lowest BCUT2D eigenvalue weighted by molar-refractivity contribution is -0.396. The summed E-state index contributed by atoms with van der Waals surface area (Å²) in [4.78, 5) is 0. The first-order chi connectivity index (χ1) is 17.1. The van der Waals surface area contributed by atoms with Crippen LogP contribution in [0.1, 0.15) is 25.7 Å². The second kappa shape index (κ2) is 21.6. The van der Waals surface area contributed by atoms with Gasteiger partial charge in [0, 0.05) is 26.1 Å². The third kappa shape index (κ3) is 22.9. The van der Waals surface area contributed by atoms with Crippen LogP contribution >= 0.6 is 0 Å². The number of halogens is 4. The van der Waals surface area contributed by atoms with Crippen molar-refractivity contribution in [2.24, 2.45) is 0 Å². The first kappa shape index (κ1) is 34.5. The Kier molecular flexibility index (Phi) is 20.6. The number of unbranched alkanes of at least 4 members (excludes halogenated alkanes) is 2. The SMILES string of the molecule is C#CCCCOCC(O)COCCOCOCC(F)(F)OC(F)(F)COCC(O)COCCCC#C. The molecule has 0 rings (SSSR count). The number of alkyl halides is 4. The van der Waals surface area contributed by atoms with E-state index in [1.165, 1.54) is 0 Å². The fourth-order valence-corrected chi connectivity index (χ4v) is 2.29. The van der Waals surface area contributed by atoms with Gasteiger partial charge in [0.2, 0.25) is 0 Å². The molecule has 0 saturated carbocycles. The molecule has 0 fully saturated rings. The smallest absolute Gasteiger partial charge is 0.383 e. The molecule has 0 bridgehead atoms. The Labute approximate surface area is 209 Å².